The average molecular weight is 546 g/mol. The van der Waals surface area contributed by atoms with Crippen LogP contribution >= 0.6 is 0 Å². The summed E-state index contributed by atoms with van der Waals surface area (Å²) in [6, 6.07) is 10.4. The van der Waals surface area contributed by atoms with Gasteiger partial charge in [0.05, 0.1) is 11.5 Å². The van der Waals surface area contributed by atoms with E-state index >= 15 is 0 Å². The molecular formula is C37H55NO2. The Hall–Kier alpha value is -1.61. The lowest BCUT2D eigenvalue weighted by atomic mass is 9.32. The van der Waals surface area contributed by atoms with Crippen LogP contribution in [0.3, 0.4) is 0 Å². The highest BCUT2D eigenvalue weighted by atomic mass is 16.3. The van der Waals surface area contributed by atoms with Crippen LogP contribution in [0.1, 0.15) is 111 Å². The highest BCUT2D eigenvalue weighted by Crippen LogP contribution is 2.77. The molecule has 2 N–H and O–H groups in total. The molecular weight excluding hydrogens is 490 g/mol. The molecule has 1 aromatic carbocycles. The summed E-state index contributed by atoms with van der Waals surface area (Å²) in [6.07, 6.45) is 11.2. The van der Waals surface area contributed by atoms with Gasteiger partial charge in [-0.1, -0.05) is 77.1 Å². The molecule has 1 aromatic rings. The minimum Gasteiger partial charge on any atom is -0.393 e. The molecule has 6 rings (SSSR count). The number of fused-ring (bicyclic) bond motifs is 7. The molecule has 0 heterocycles. The number of nitrogens with one attached hydrogen (secondary N) is 1. The van der Waals surface area contributed by atoms with Crippen LogP contribution in [0.2, 0.25) is 0 Å². The molecule has 3 heteroatoms. The maximum Gasteiger partial charge on any atom is 0.226 e. The lowest BCUT2D eigenvalue weighted by Crippen LogP contribution is -2.67. The first-order valence-corrected chi connectivity index (χ1v) is 16.5. The predicted molar refractivity (Wildman–Crippen MR) is 163 cm³/mol. The zero-order valence-corrected chi connectivity index (χ0v) is 26.2. The van der Waals surface area contributed by atoms with E-state index in [-0.39, 0.29) is 33.2 Å². The summed E-state index contributed by atoms with van der Waals surface area (Å²) >= 11 is 0. The van der Waals surface area contributed by atoms with Crippen LogP contribution in [-0.2, 0) is 11.3 Å². The van der Waals surface area contributed by atoms with Gasteiger partial charge in [0.25, 0.3) is 0 Å². The summed E-state index contributed by atoms with van der Waals surface area (Å²) in [5.41, 5.74) is 2.99. The number of carbonyl (C=O) groups excluding carboxylic acids is 1. The molecule has 5 saturated carbocycles. The van der Waals surface area contributed by atoms with Gasteiger partial charge < -0.3 is 10.4 Å². The van der Waals surface area contributed by atoms with E-state index in [1.165, 1.54) is 36.8 Å². The number of benzene rings is 1. The molecule has 1 amide bonds. The molecule has 5 fully saturated rings. The van der Waals surface area contributed by atoms with E-state index in [1.54, 1.807) is 0 Å². The Kier molecular flexibility index (Phi) is 6.73. The molecule has 5 aliphatic rings. The van der Waals surface area contributed by atoms with Gasteiger partial charge in [-0.05, 0) is 128 Å². The van der Waals surface area contributed by atoms with Crippen LogP contribution in [0.4, 0.5) is 0 Å². The van der Waals surface area contributed by atoms with E-state index in [9.17, 15) is 9.90 Å². The molecule has 220 valence electrons. The van der Waals surface area contributed by atoms with E-state index in [0.717, 1.165) is 38.5 Å². The van der Waals surface area contributed by atoms with Gasteiger partial charge in [0.15, 0.2) is 0 Å². The third kappa shape index (κ3) is 3.74. The quantitative estimate of drug-likeness (QED) is 0.374. The third-order valence-electron chi connectivity index (χ3n) is 14.8. The molecule has 0 radical (unpaired) electrons. The Morgan fingerprint density at radius 1 is 0.875 bits per heavy atom. The van der Waals surface area contributed by atoms with Crippen molar-refractivity contribution in [3.63, 3.8) is 0 Å². The van der Waals surface area contributed by atoms with Crippen LogP contribution in [0.5, 0.6) is 0 Å². The van der Waals surface area contributed by atoms with Crippen molar-refractivity contribution >= 4 is 5.91 Å². The minimum atomic E-state index is -0.260. The monoisotopic (exact) mass is 545 g/mol. The maximum atomic E-state index is 14.3. The number of hydrogen-bond acceptors (Lipinski definition) is 2. The largest absolute Gasteiger partial charge is 0.393 e. The van der Waals surface area contributed by atoms with Gasteiger partial charge in [-0.2, -0.15) is 0 Å². The first-order chi connectivity index (χ1) is 18.8. The maximum absolute atomic E-state index is 14.3. The van der Waals surface area contributed by atoms with Crippen LogP contribution in [-0.4, -0.2) is 17.1 Å². The lowest BCUT2D eigenvalue weighted by Gasteiger charge is -2.72. The Morgan fingerprint density at radius 3 is 2.30 bits per heavy atom. The second kappa shape index (κ2) is 9.45. The fourth-order valence-electron chi connectivity index (χ4n) is 12.5. The minimum absolute atomic E-state index is 0.0128. The molecule has 0 aliphatic heterocycles. The van der Waals surface area contributed by atoms with Crippen molar-refractivity contribution in [3.8, 4) is 0 Å². The number of aliphatic hydroxyl groups excluding tert-OH is 1. The molecule has 0 saturated heterocycles. The van der Waals surface area contributed by atoms with E-state index < -0.39 is 0 Å². The summed E-state index contributed by atoms with van der Waals surface area (Å²) in [5.74, 6) is 2.99. The predicted octanol–water partition coefficient (Wildman–Crippen LogP) is 8.32. The number of amides is 1. The topological polar surface area (TPSA) is 49.3 Å². The second-order valence-corrected chi connectivity index (χ2v) is 16.4. The van der Waals surface area contributed by atoms with Crippen LogP contribution in [0, 0.1) is 56.7 Å². The number of allylic oxidation sites excluding steroid dienone is 1. The summed E-state index contributed by atoms with van der Waals surface area (Å²) in [5, 5.41) is 14.5. The van der Waals surface area contributed by atoms with Crippen molar-refractivity contribution in [2.75, 3.05) is 0 Å². The van der Waals surface area contributed by atoms with Crippen molar-refractivity contribution in [1.29, 1.82) is 0 Å². The van der Waals surface area contributed by atoms with Gasteiger partial charge >= 0.3 is 0 Å². The molecule has 5 aliphatic carbocycles. The second-order valence-electron chi connectivity index (χ2n) is 16.4. The molecule has 0 bridgehead atoms. The Morgan fingerprint density at radius 2 is 1.60 bits per heavy atom. The molecule has 3 nitrogen and oxygen atoms in total. The molecule has 0 spiro atoms. The average Bonchev–Trinajstić information content (AvgIpc) is 3.32. The fourth-order valence-corrected chi connectivity index (χ4v) is 12.5. The highest BCUT2D eigenvalue weighted by Gasteiger charge is 2.71. The van der Waals surface area contributed by atoms with E-state index in [1.807, 2.05) is 6.07 Å². The molecule has 10 atom stereocenters. The Labute approximate surface area is 244 Å². The number of carbonyl (C=O) groups is 1. The van der Waals surface area contributed by atoms with E-state index in [2.05, 4.69) is 77.7 Å². The third-order valence-corrected chi connectivity index (χ3v) is 14.8. The van der Waals surface area contributed by atoms with Crippen molar-refractivity contribution in [2.45, 2.75) is 118 Å². The highest BCUT2D eigenvalue weighted by molar-refractivity contribution is 5.84. The Balaban J connectivity index is 1.34. The summed E-state index contributed by atoms with van der Waals surface area (Å²) in [4.78, 5) is 14.3. The zero-order valence-electron chi connectivity index (χ0n) is 26.2. The van der Waals surface area contributed by atoms with E-state index in [0.29, 0.717) is 42.0 Å². The first-order valence-electron chi connectivity index (χ1n) is 16.5. The van der Waals surface area contributed by atoms with Crippen molar-refractivity contribution in [1.82, 2.24) is 5.32 Å². The fraction of sp³-hybridized carbons (Fsp3) is 0.757. The normalized spacial score (nSPS) is 47.3. The number of hydrogen-bond donors (Lipinski definition) is 2. The lowest BCUT2D eigenvalue weighted by molar-refractivity contribution is -0.246. The van der Waals surface area contributed by atoms with Gasteiger partial charge in [0.1, 0.15) is 0 Å². The van der Waals surface area contributed by atoms with Crippen molar-refractivity contribution in [3.05, 3.63) is 48.0 Å². The SMILES string of the molecule is C=C(C)[C@@H]1CC[C@]2(C(=O)NCc3ccccc3)CC[C@]3(C)[C@H](CCC4[C@@]5(C)CC[C@H](O)C(C)(C)C5CC[C@]43C)C12. The zero-order chi connectivity index (χ0) is 28.7. The van der Waals surface area contributed by atoms with Gasteiger partial charge in [0, 0.05) is 6.54 Å². The van der Waals surface area contributed by atoms with Gasteiger partial charge in [-0.3, -0.25) is 4.79 Å². The van der Waals surface area contributed by atoms with E-state index in [4.69, 9.17) is 0 Å². The summed E-state index contributed by atoms with van der Waals surface area (Å²) in [6.45, 7) is 20.0. The van der Waals surface area contributed by atoms with Crippen molar-refractivity contribution in [2.24, 2.45) is 56.7 Å². The Bertz CT molecular complexity index is 1160. The van der Waals surface area contributed by atoms with Crippen molar-refractivity contribution < 1.29 is 9.90 Å². The molecule has 40 heavy (non-hydrogen) atoms. The van der Waals surface area contributed by atoms with Gasteiger partial charge in [-0.25, -0.2) is 0 Å². The van der Waals surface area contributed by atoms with Gasteiger partial charge in [-0.15, -0.1) is 0 Å². The van der Waals surface area contributed by atoms with Gasteiger partial charge in [0.2, 0.25) is 5.91 Å². The van der Waals surface area contributed by atoms with Crippen LogP contribution in [0.25, 0.3) is 0 Å². The summed E-state index contributed by atoms with van der Waals surface area (Å²) in [7, 11) is 0. The smallest absolute Gasteiger partial charge is 0.226 e. The number of aliphatic hydroxyl groups is 1. The molecule has 3 unspecified atom stereocenters. The number of rotatable bonds is 4. The standard InChI is InChI=1S/C37H55NO2/c1-24(2)26-15-20-37(32(40)38-23-25-11-9-8-10-12-25)22-21-35(6)27(31(26)37)13-14-29-34(5)18-17-30(39)33(3,4)28(34)16-19-36(29,35)7/h8-12,26-31,39H,1,13-23H2,2-7H3,(H,38,40)/t26-,27+,28?,29?,30-,31?,34-,35+,36+,37-/m0/s1. The van der Waals surface area contributed by atoms with Crippen LogP contribution in [0.15, 0.2) is 42.5 Å². The molecule has 0 aromatic heterocycles. The van der Waals surface area contributed by atoms with Crippen LogP contribution < -0.4 is 5.32 Å². The first kappa shape index (κ1) is 28.5. The summed E-state index contributed by atoms with van der Waals surface area (Å²) < 4.78 is 0.